The van der Waals surface area contributed by atoms with Gasteiger partial charge in [0.25, 0.3) is 20.2 Å². The molecule has 5 rings (SSSR count). The second kappa shape index (κ2) is 8.53. The van der Waals surface area contributed by atoms with Gasteiger partial charge in [-0.05, 0) is 30.3 Å². The predicted octanol–water partition coefficient (Wildman–Crippen LogP) is 3.81. The lowest BCUT2D eigenvalue weighted by Gasteiger charge is -2.17. The number of hydrogen-bond acceptors (Lipinski definition) is 10. The van der Waals surface area contributed by atoms with Gasteiger partial charge >= 0.3 is 0 Å². The van der Waals surface area contributed by atoms with Gasteiger partial charge in [0, 0.05) is 27.6 Å². The van der Waals surface area contributed by atoms with E-state index in [0.717, 1.165) is 12.1 Å². The highest BCUT2D eigenvalue weighted by Crippen LogP contribution is 2.43. The molecule has 0 heterocycles. The van der Waals surface area contributed by atoms with Crippen molar-refractivity contribution < 1.29 is 40.6 Å². The summed E-state index contributed by atoms with van der Waals surface area (Å²) in [4.78, 5) is 23.7. The van der Waals surface area contributed by atoms with E-state index in [-0.39, 0.29) is 50.6 Å². The number of benzene rings is 4. The predicted molar refractivity (Wildman–Crippen MR) is 134 cm³/mol. The lowest BCUT2D eigenvalue weighted by molar-refractivity contribution is 0.0979. The largest absolute Gasteiger partial charge is 0.505 e. The van der Waals surface area contributed by atoms with Crippen molar-refractivity contribution in [1.82, 2.24) is 0 Å². The first-order valence-electron chi connectivity index (χ1n) is 10.6. The number of ketones is 2. The molecule has 0 fully saturated rings. The van der Waals surface area contributed by atoms with Gasteiger partial charge in [-0.2, -0.15) is 21.9 Å². The van der Waals surface area contributed by atoms with Crippen LogP contribution in [0.25, 0.3) is 10.8 Å². The third-order valence-corrected chi connectivity index (χ3v) is 7.74. The number of anilines is 1. The average molecular weight is 554 g/mol. The van der Waals surface area contributed by atoms with E-state index in [9.17, 15) is 40.6 Å². The van der Waals surface area contributed by atoms with Crippen molar-refractivity contribution in [2.75, 3.05) is 5.73 Å². The van der Waals surface area contributed by atoms with Crippen molar-refractivity contribution in [3.63, 3.8) is 0 Å². The zero-order valence-corrected chi connectivity index (χ0v) is 20.5. The molecule has 38 heavy (non-hydrogen) atoms. The van der Waals surface area contributed by atoms with Gasteiger partial charge in [-0.25, -0.2) is 0 Å². The van der Waals surface area contributed by atoms with E-state index in [1.165, 1.54) is 24.3 Å². The highest BCUT2D eigenvalue weighted by Gasteiger charge is 2.30. The monoisotopic (exact) mass is 553 g/mol. The number of nitrogen functional groups attached to an aromatic ring is 1. The number of nitrogens with zero attached hydrogens (tertiary/aromatic N) is 2. The zero-order valence-electron chi connectivity index (χ0n) is 18.9. The molecule has 0 aromatic heterocycles. The summed E-state index contributed by atoms with van der Waals surface area (Å²) < 4.78 is 66.2. The third kappa shape index (κ3) is 4.01. The van der Waals surface area contributed by atoms with E-state index in [1.807, 2.05) is 0 Å². The molecule has 0 bridgehead atoms. The van der Waals surface area contributed by atoms with Crippen LogP contribution in [0.3, 0.4) is 0 Å². The Balaban J connectivity index is 1.63. The number of hydrogen-bond donors (Lipinski definition) is 4. The summed E-state index contributed by atoms with van der Waals surface area (Å²) in [6.07, 6.45) is 0. The van der Waals surface area contributed by atoms with E-state index in [2.05, 4.69) is 10.2 Å². The fourth-order valence-corrected chi connectivity index (χ4v) is 5.66. The van der Waals surface area contributed by atoms with Gasteiger partial charge < -0.3 is 10.8 Å². The molecule has 1 aliphatic rings. The van der Waals surface area contributed by atoms with E-state index in [4.69, 9.17) is 5.73 Å². The molecule has 4 aromatic carbocycles. The van der Waals surface area contributed by atoms with Crippen LogP contribution in [0.1, 0.15) is 31.8 Å². The van der Waals surface area contributed by atoms with Crippen molar-refractivity contribution >= 4 is 59.6 Å². The molecule has 0 amide bonds. The minimum Gasteiger partial charge on any atom is -0.505 e. The summed E-state index contributed by atoms with van der Waals surface area (Å²) in [7, 11) is -10.1. The maximum atomic E-state index is 12.9. The van der Waals surface area contributed by atoms with Gasteiger partial charge in [-0.15, -0.1) is 5.11 Å². The van der Waals surface area contributed by atoms with E-state index in [0.29, 0.717) is 6.07 Å². The van der Waals surface area contributed by atoms with Gasteiger partial charge in [-0.1, -0.05) is 30.3 Å². The molecule has 0 saturated heterocycles. The number of carbonyl (C=O) groups excluding carboxylic acids is 2. The molecule has 0 atom stereocenters. The van der Waals surface area contributed by atoms with Crippen LogP contribution in [0, 0.1) is 0 Å². The van der Waals surface area contributed by atoms with Gasteiger partial charge in [0.05, 0.1) is 16.8 Å². The summed E-state index contributed by atoms with van der Waals surface area (Å²) in [5.41, 5.74) is 5.78. The Morgan fingerprint density at radius 1 is 0.684 bits per heavy atom. The number of carbonyl (C=O) groups is 2. The second-order valence-electron chi connectivity index (χ2n) is 8.23. The van der Waals surface area contributed by atoms with Crippen LogP contribution in [0.5, 0.6) is 5.75 Å². The number of azo groups is 1. The van der Waals surface area contributed by atoms with Gasteiger partial charge in [0.15, 0.2) is 17.3 Å². The number of nitrogens with two attached hydrogens (primary N) is 1. The number of phenolic OH excluding ortho intramolecular Hbond substituents is 1. The Kier molecular flexibility index (Phi) is 5.65. The summed E-state index contributed by atoms with van der Waals surface area (Å²) in [5.74, 6) is -1.51. The molecular formula is C24H15N3O9S2. The zero-order chi connectivity index (χ0) is 27.6. The van der Waals surface area contributed by atoms with Crippen molar-refractivity contribution in [2.45, 2.75) is 9.79 Å². The SMILES string of the molecule is Nc1c(S(=O)(=O)O)cc(S(=O)(=O)O)c2ccc(N=Nc3ccc4c(c3)C(=O)c3ccccc3C4=O)c(O)c12. The fraction of sp³-hybridized carbons (Fsp3) is 0. The molecule has 14 heteroatoms. The lowest BCUT2D eigenvalue weighted by atomic mass is 9.84. The molecule has 4 aromatic rings. The first-order valence-corrected chi connectivity index (χ1v) is 13.4. The summed E-state index contributed by atoms with van der Waals surface area (Å²) in [5, 5.41) is 17.8. The van der Waals surface area contributed by atoms with Gasteiger partial charge in [0.2, 0.25) is 0 Å². The van der Waals surface area contributed by atoms with Gasteiger partial charge in [0.1, 0.15) is 15.5 Å². The molecule has 0 aliphatic heterocycles. The normalized spacial score (nSPS) is 13.6. The van der Waals surface area contributed by atoms with Crippen LogP contribution in [-0.2, 0) is 20.2 Å². The van der Waals surface area contributed by atoms with Crippen LogP contribution < -0.4 is 5.73 Å². The molecule has 0 spiro atoms. The molecular weight excluding hydrogens is 538 g/mol. The highest BCUT2D eigenvalue weighted by molar-refractivity contribution is 7.87. The van der Waals surface area contributed by atoms with Crippen LogP contribution in [0.4, 0.5) is 17.1 Å². The van der Waals surface area contributed by atoms with E-state index < -0.39 is 46.9 Å². The Bertz CT molecular complexity index is 1980. The summed E-state index contributed by atoms with van der Waals surface area (Å²) in [6, 6.07) is 13.2. The fourth-order valence-electron chi connectivity index (χ4n) is 4.22. The van der Waals surface area contributed by atoms with Crippen molar-refractivity contribution in [1.29, 1.82) is 0 Å². The molecule has 5 N–H and O–H groups in total. The van der Waals surface area contributed by atoms with Crippen LogP contribution >= 0.6 is 0 Å². The van der Waals surface area contributed by atoms with E-state index in [1.54, 1.807) is 18.2 Å². The number of rotatable bonds is 4. The maximum Gasteiger partial charge on any atom is 0.296 e. The summed E-state index contributed by atoms with van der Waals surface area (Å²) >= 11 is 0. The first kappa shape index (κ1) is 25.2. The number of fused-ring (bicyclic) bond motifs is 3. The van der Waals surface area contributed by atoms with Crippen molar-refractivity contribution in [3.8, 4) is 5.75 Å². The van der Waals surface area contributed by atoms with Gasteiger partial charge in [-0.3, -0.25) is 18.7 Å². The molecule has 0 saturated carbocycles. The Morgan fingerprint density at radius 3 is 1.87 bits per heavy atom. The second-order valence-corrected chi connectivity index (χ2v) is 11.0. The quantitative estimate of drug-likeness (QED) is 0.143. The Morgan fingerprint density at radius 2 is 1.26 bits per heavy atom. The Hall–Kier alpha value is -4.50. The average Bonchev–Trinajstić information content (AvgIpc) is 2.85. The lowest BCUT2D eigenvalue weighted by Crippen LogP contribution is -2.20. The smallest absolute Gasteiger partial charge is 0.296 e. The topological polar surface area (TPSA) is 214 Å². The third-order valence-electron chi connectivity index (χ3n) is 5.96. The molecule has 0 unspecified atom stereocenters. The van der Waals surface area contributed by atoms with E-state index >= 15 is 0 Å². The number of phenols is 1. The van der Waals surface area contributed by atoms with Crippen molar-refractivity contribution in [3.05, 3.63) is 82.9 Å². The van der Waals surface area contributed by atoms with Crippen LogP contribution in [0.15, 0.2) is 80.7 Å². The van der Waals surface area contributed by atoms with Crippen molar-refractivity contribution in [2.24, 2.45) is 10.2 Å². The minimum absolute atomic E-state index is 0.104. The minimum atomic E-state index is -5.06. The molecule has 0 radical (unpaired) electrons. The standard InChI is InChI=1S/C24H15N3O9S2/c25-21-19(38(34,35)36)10-18(37(31,32)33)15-7-8-17(24(30)20(15)21)27-26-11-5-6-14-16(9-11)23(29)13-4-2-1-3-12(13)22(14)28/h1-10,30H,25H2,(H,31,32,33)(H,34,35,36). The molecule has 12 nitrogen and oxygen atoms in total. The molecule has 192 valence electrons. The maximum absolute atomic E-state index is 12.9. The summed E-state index contributed by atoms with van der Waals surface area (Å²) in [6.45, 7) is 0. The van der Waals surface area contributed by atoms with Crippen LogP contribution in [0.2, 0.25) is 0 Å². The first-order chi connectivity index (χ1) is 17.8. The Labute approximate surface area is 214 Å². The highest BCUT2D eigenvalue weighted by atomic mass is 32.2. The number of aromatic hydroxyl groups is 1. The van der Waals surface area contributed by atoms with Crippen LogP contribution in [-0.4, -0.2) is 42.6 Å². The molecule has 1 aliphatic carbocycles.